The lowest BCUT2D eigenvalue weighted by Crippen LogP contribution is -2.15. The molecule has 24 heavy (non-hydrogen) atoms. The van der Waals surface area contributed by atoms with Gasteiger partial charge in [-0.05, 0) is 32.6 Å². The number of fused-ring (bicyclic) bond motifs is 1. The van der Waals surface area contributed by atoms with Crippen LogP contribution in [-0.2, 0) is 0 Å². The molecule has 0 aliphatic rings. The second-order valence-electron chi connectivity index (χ2n) is 5.87. The van der Waals surface area contributed by atoms with E-state index in [1.54, 1.807) is 18.6 Å². The number of hydrogen-bond donors (Lipinski definition) is 1. The maximum Gasteiger partial charge on any atom is 0.213 e. The minimum atomic E-state index is 0.605. The molecule has 0 spiro atoms. The molecule has 0 unspecified atom stereocenters. The molecule has 3 aromatic heterocycles. The average molecular weight is 324 g/mol. The van der Waals surface area contributed by atoms with E-state index in [0.717, 1.165) is 35.8 Å². The third-order valence-electron chi connectivity index (χ3n) is 3.76. The van der Waals surface area contributed by atoms with Crippen LogP contribution in [0.5, 0.6) is 5.88 Å². The van der Waals surface area contributed by atoms with Gasteiger partial charge < -0.3 is 14.6 Å². The van der Waals surface area contributed by atoms with E-state index in [0.29, 0.717) is 23.7 Å². The van der Waals surface area contributed by atoms with Crippen molar-refractivity contribution in [3.8, 4) is 17.0 Å². The first-order valence-electron chi connectivity index (χ1n) is 7.83. The molecule has 124 valence electrons. The fraction of sp³-hybridized carbons (Fsp3) is 0.278. The number of ether oxygens (including phenoxy) is 1. The van der Waals surface area contributed by atoms with E-state index in [2.05, 4.69) is 19.9 Å². The van der Waals surface area contributed by atoms with Crippen molar-refractivity contribution in [3.63, 3.8) is 0 Å². The summed E-state index contributed by atoms with van der Waals surface area (Å²) in [6.45, 7) is 1.63. The maximum absolute atomic E-state index is 11.1. The zero-order valence-electron chi connectivity index (χ0n) is 13.8. The number of aromatic amines is 1. The SMILES string of the molecule is CN(C)CCCOc1ccc(-c2cnc3[nH]cc(C=O)c3c2)cn1. The fourth-order valence-corrected chi connectivity index (χ4v) is 2.47. The molecule has 0 radical (unpaired) electrons. The Morgan fingerprint density at radius 3 is 2.75 bits per heavy atom. The average Bonchev–Trinajstić information content (AvgIpc) is 3.01. The Hall–Kier alpha value is -2.73. The highest BCUT2D eigenvalue weighted by molar-refractivity contribution is 5.97. The zero-order chi connectivity index (χ0) is 16.9. The van der Waals surface area contributed by atoms with E-state index in [-0.39, 0.29) is 0 Å². The highest BCUT2D eigenvalue weighted by Crippen LogP contribution is 2.24. The molecule has 0 bridgehead atoms. The van der Waals surface area contributed by atoms with Crippen LogP contribution in [0.4, 0.5) is 0 Å². The molecule has 0 saturated heterocycles. The van der Waals surface area contributed by atoms with Gasteiger partial charge in [-0.2, -0.15) is 0 Å². The summed E-state index contributed by atoms with van der Waals surface area (Å²) < 4.78 is 5.64. The van der Waals surface area contributed by atoms with Crippen LogP contribution in [-0.4, -0.2) is 53.4 Å². The Labute approximate surface area is 140 Å². The first-order valence-corrected chi connectivity index (χ1v) is 7.83. The molecule has 3 heterocycles. The first-order chi connectivity index (χ1) is 11.7. The van der Waals surface area contributed by atoms with Crippen molar-refractivity contribution in [1.82, 2.24) is 19.9 Å². The number of hydrogen-bond acceptors (Lipinski definition) is 5. The predicted molar refractivity (Wildman–Crippen MR) is 93.4 cm³/mol. The van der Waals surface area contributed by atoms with E-state index >= 15 is 0 Å². The smallest absolute Gasteiger partial charge is 0.213 e. The van der Waals surface area contributed by atoms with Gasteiger partial charge in [0, 0.05) is 53.3 Å². The molecule has 3 rings (SSSR count). The molecule has 0 aliphatic carbocycles. The number of nitrogens with zero attached hydrogens (tertiary/aromatic N) is 3. The maximum atomic E-state index is 11.1. The molecular weight excluding hydrogens is 304 g/mol. The Bertz CT molecular complexity index is 825. The number of nitrogens with one attached hydrogen (secondary N) is 1. The van der Waals surface area contributed by atoms with Gasteiger partial charge in [-0.3, -0.25) is 4.79 Å². The second kappa shape index (κ2) is 7.23. The summed E-state index contributed by atoms with van der Waals surface area (Å²) in [6, 6.07) is 5.74. The molecule has 0 aliphatic heterocycles. The largest absolute Gasteiger partial charge is 0.478 e. The van der Waals surface area contributed by atoms with Crippen molar-refractivity contribution in [1.29, 1.82) is 0 Å². The van der Waals surface area contributed by atoms with Gasteiger partial charge in [0.15, 0.2) is 6.29 Å². The summed E-state index contributed by atoms with van der Waals surface area (Å²) in [7, 11) is 4.08. The van der Waals surface area contributed by atoms with E-state index in [4.69, 9.17) is 4.74 Å². The van der Waals surface area contributed by atoms with E-state index < -0.39 is 0 Å². The van der Waals surface area contributed by atoms with Crippen LogP contribution in [0.3, 0.4) is 0 Å². The number of aldehydes is 1. The summed E-state index contributed by atoms with van der Waals surface area (Å²) in [5.74, 6) is 0.613. The van der Waals surface area contributed by atoms with Crippen molar-refractivity contribution < 1.29 is 9.53 Å². The summed E-state index contributed by atoms with van der Waals surface area (Å²) in [5, 5.41) is 0.812. The zero-order valence-corrected chi connectivity index (χ0v) is 13.8. The quantitative estimate of drug-likeness (QED) is 0.534. The van der Waals surface area contributed by atoms with E-state index in [9.17, 15) is 4.79 Å². The number of aromatic nitrogens is 3. The van der Waals surface area contributed by atoms with Crippen LogP contribution in [0.15, 0.2) is 36.8 Å². The first kappa shape index (κ1) is 16.1. The lowest BCUT2D eigenvalue weighted by molar-refractivity contribution is 0.112. The van der Waals surface area contributed by atoms with E-state index in [1.165, 1.54) is 0 Å². The highest BCUT2D eigenvalue weighted by Gasteiger charge is 2.07. The Morgan fingerprint density at radius 1 is 1.21 bits per heavy atom. The molecule has 0 saturated carbocycles. The van der Waals surface area contributed by atoms with Crippen LogP contribution in [0.25, 0.3) is 22.2 Å². The lowest BCUT2D eigenvalue weighted by Gasteiger charge is -2.10. The minimum absolute atomic E-state index is 0.605. The van der Waals surface area contributed by atoms with Crippen molar-refractivity contribution in [2.45, 2.75) is 6.42 Å². The minimum Gasteiger partial charge on any atom is -0.478 e. The third-order valence-corrected chi connectivity index (χ3v) is 3.76. The van der Waals surface area contributed by atoms with Crippen LogP contribution >= 0.6 is 0 Å². The number of pyridine rings is 2. The number of rotatable bonds is 7. The summed E-state index contributed by atoms with van der Waals surface area (Å²) in [5.41, 5.74) is 3.16. The van der Waals surface area contributed by atoms with Gasteiger partial charge in [-0.15, -0.1) is 0 Å². The molecular formula is C18H20N4O2. The van der Waals surface area contributed by atoms with Gasteiger partial charge in [-0.1, -0.05) is 0 Å². The Balaban J connectivity index is 1.72. The second-order valence-corrected chi connectivity index (χ2v) is 5.87. The standard InChI is InChI=1S/C18H20N4O2/c1-22(2)6-3-7-24-17-5-4-13(9-19-17)14-8-16-15(12-23)11-21-18(16)20-10-14/h4-5,8-12H,3,6-7H2,1-2H3,(H,20,21). The fourth-order valence-electron chi connectivity index (χ4n) is 2.47. The molecule has 0 fully saturated rings. The molecule has 0 atom stereocenters. The lowest BCUT2D eigenvalue weighted by atomic mass is 10.1. The van der Waals surface area contributed by atoms with Crippen molar-refractivity contribution in [2.75, 3.05) is 27.2 Å². The van der Waals surface area contributed by atoms with Gasteiger partial charge in [0.05, 0.1) is 6.61 Å². The Morgan fingerprint density at radius 2 is 2.04 bits per heavy atom. The summed E-state index contributed by atoms with van der Waals surface area (Å²) in [6.07, 6.45) is 6.98. The van der Waals surface area contributed by atoms with E-state index in [1.807, 2.05) is 32.3 Å². The summed E-state index contributed by atoms with van der Waals surface area (Å²) >= 11 is 0. The van der Waals surface area contributed by atoms with Crippen molar-refractivity contribution in [3.05, 3.63) is 42.4 Å². The highest BCUT2D eigenvalue weighted by atomic mass is 16.5. The molecule has 0 amide bonds. The van der Waals surface area contributed by atoms with Crippen LogP contribution in [0.1, 0.15) is 16.8 Å². The van der Waals surface area contributed by atoms with Gasteiger partial charge in [0.2, 0.25) is 5.88 Å². The normalized spacial score (nSPS) is 11.1. The number of carbonyl (C=O) groups is 1. The van der Waals surface area contributed by atoms with Crippen molar-refractivity contribution in [2.24, 2.45) is 0 Å². The summed E-state index contributed by atoms with van der Waals surface area (Å²) in [4.78, 5) is 24.9. The molecule has 0 aromatic carbocycles. The molecule has 6 nitrogen and oxygen atoms in total. The van der Waals surface area contributed by atoms with Crippen LogP contribution in [0.2, 0.25) is 0 Å². The topological polar surface area (TPSA) is 71.1 Å². The Kier molecular flexibility index (Phi) is 4.86. The molecule has 3 aromatic rings. The van der Waals surface area contributed by atoms with Gasteiger partial charge in [0.1, 0.15) is 5.65 Å². The van der Waals surface area contributed by atoms with Gasteiger partial charge >= 0.3 is 0 Å². The van der Waals surface area contributed by atoms with Crippen LogP contribution < -0.4 is 4.74 Å². The number of carbonyl (C=O) groups excluding carboxylic acids is 1. The van der Waals surface area contributed by atoms with Gasteiger partial charge in [0.25, 0.3) is 0 Å². The van der Waals surface area contributed by atoms with Crippen LogP contribution in [0, 0.1) is 0 Å². The monoisotopic (exact) mass is 324 g/mol. The van der Waals surface area contributed by atoms with Gasteiger partial charge in [-0.25, -0.2) is 9.97 Å². The van der Waals surface area contributed by atoms with Crippen molar-refractivity contribution >= 4 is 17.3 Å². The third kappa shape index (κ3) is 3.60. The molecule has 1 N–H and O–H groups in total. The molecule has 6 heteroatoms. The number of H-pyrrole nitrogens is 1. The predicted octanol–water partition coefficient (Wildman–Crippen LogP) is 2.77.